The lowest BCUT2D eigenvalue weighted by molar-refractivity contribution is -0.0209. The Hall–Kier alpha value is -0.0800. The third kappa shape index (κ3) is 4.63. The Bertz CT molecular complexity index is 151. The van der Waals surface area contributed by atoms with Gasteiger partial charge in [0.1, 0.15) is 0 Å². The topological polar surface area (TPSA) is 12.5 Å². The first kappa shape index (κ1) is 11.0. The number of morpholine rings is 1. The van der Waals surface area contributed by atoms with Gasteiger partial charge in [-0.2, -0.15) is 0 Å². The zero-order valence-electron chi connectivity index (χ0n) is 9.47. The molecule has 0 aromatic heterocycles. The maximum atomic E-state index is 5.50. The van der Waals surface area contributed by atoms with E-state index in [0.717, 1.165) is 19.7 Å². The highest BCUT2D eigenvalue weighted by molar-refractivity contribution is 4.71. The van der Waals surface area contributed by atoms with E-state index in [1.807, 2.05) is 0 Å². The Morgan fingerprint density at radius 3 is 2.62 bits per heavy atom. The van der Waals surface area contributed by atoms with E-state index in [9.17, 15) is 0 Å². The van der Waals surface area contributed by atoms with Crippen molar-refractivity contribution >= 4 is 0 Å². The molecular weight excluding hydrogens is 162 g/mol. The molecule has 0 radical (unpaired) electrons. The molecule has 1 heterocycles. The summed E-state index contributed by atoms with van der Waals surface area (Å²) in [6.45, 7) is 13.4. The summed E-state index contributed by atoms with van der Waals surface area (Å²) >= 11 is 0. The van der Waals surface area contributed by atoms with Crippen LogP contribution in [0.2, 0.25) is 0 Å². The van der Waals surface area contributed by atoms with Gasteiger partial charge < -0.3 is 4.74 Å². The van der Waals surface area contributed by atoms with Crippen LogP contribution in [0.1, 0.15) is 34.1 Å². The lowest BCUT2D eigenvalue weighted by Gasteiger charge is -2.33. The number of hydrogen-bond acceptors (Lipinski definition) is 2. The van der Waals surface area contributed by atoms with Gasteiger partial charge in [0, 0.05) is 13.1 Å². The molecule has 0 aromatic carbocycles. The SMILES string of the molecule is CC1CN(CCC(C)(C)C)CCO1. The molecule has 13 heavy (non-hydrogen) atoms. The number of ether oxygens (including phenoxy) is 1. The minimum atomic E-state index is 0.425. The first-order chi connectivity index (χ1) is 5.97. The molecule has 1 saturated heterocycles. The molecule has 2 heteroatoms. The van der Waals surface area contributed by atoms with Crippen LogP contribution in [-0.4, -0.2) is 37.2 Å². The molecule has 1 aliphatic heterocycles. The van der Waals surface area contributed by atoms with Crippen molar-refractivity contribution in [1.29, 1.82) is 0 Å². The fourth-order valence-corrected chi connectivity index (χ4v) is 1.59. The average Bonchev–Trinajstić information content (AvgIpc) is 2.00. The van der Waals surface area contributed by atoms with Gasteiger partial charge in [0.2, 0.25) is 0 Å². The Labute approximate surface area is 82.3 Å². The molecule has 0 aliphatic carbocycles. The van der Waals surface area contributed by atoms with Gasteiger partial charge in [0.05, 0.1) is 12.7 Å². The van der Waals surface area contributed by atoms with Crippen LogP contribution >= 0.6 is 0 Å². The van der Waals surface area contributed by atoms with Gasteiger partial charge in [0.15, 0.2) is 0 Å². The molecule has 0 aromatic rings. The Balaban J connectivity index is 2.21. The summed E-state index contributed by atoms with van der Waals surface area (Å²) in [6.07, 6.45) is 1.70. The summed E-state index contributed by atoms with van der Waals surface area (Å²) in [5, 5.41) is 0. The Morgan fingerprint density at radius 2 is 2.08 bits per heavy atom. The van der Waals surface area contributed by atoms with Gasteiger partial charge in [-0.15, -0.1) is 0 Å². The van der Waals surface area contributed by atoms with Crippen molar-refractivity contribution in [2.75, 3.05) is 26.2 Å². The third-order valence-electron chi connectivity index (χ3n) is 2.50. The molecule has 0 spiro atoms. The van der Waals surface area contributed by atoms with E-state index in [1.54, 1.807) is 0 Å². The zero-order valence-corrected chi connectivity index (χ0v) is 9.47. The molecule has 1 aliphatic rings. The van der Waals surface area contributed by atoms with Crippen molar-refractivity contribution in [3.63, 3.8) is 0 Å². The highest BCUT2D eigenvalue weighted by atomic mass is 16.5. The maximum Gasteiger partial charge on any atom is 0.0674 e. The van der Waals surface area contributed by atoms with Gasteiger partial charge in [-0.3, -0.25) is 4.90 Å². The molecule has 1 atom stereocenters. The van der Waals surface area contributed by atoms with Crippen LogP contribution < -0.4 is 0 Å². The Kier molecular flexibility index (Phi) is 3.74. The molecule has 0 bridgehead atoms. The average molecular weight is 185 g/mol. The van der Waals surface area contributed by atoms with E-state index in [2.05, 4.69) is 32.6 Å². The molecular formula is C11H23NO. The molecule has 0 N–H and O–H groups in total. The van der Waals surface area contributed by atoms with Crippen molar-refractivity contribution in [2.24, 2.45) is 5.41 Å². The normalized spacial score (nSPS) is 26.3. The van der Waals surface area contributed by atoms with Crippen molar-refractivity contribution in [3.8, 4) is 0 Å². The molecule has 0 amide bonds. The summed E-state index contributed by atoms with van der Waals surface area (Å²) in [5.74, 6) is 0. The van der Waals surface area contributed by atoms with Gasteiger partial charge >= 0.3 is 0 Å². The highest BCUT2D eigenvalue weighted by Crippen LogP contribution is 2.19. The quantitative estimate of drug-likeness (QED) is 0.653. The summed E-state index contributed by atoms with van der Waals surface area (Å²) in [4.78, 5) is 2.51. The second-order valence-electron chi connectivity index (χ2n) is 5.29. The largest absolute Gasteiger partial charge is 0.376 e. The predicted octanol–water partition coefficient (Wildman–Crippen LogP) is 2.14. The van der Waals surface area contributed by atoms with Crippen LogP contribution in [0.15, 0.2) is 0 Å². The molecule has 1 fully saturated rings. The smallest absolute Gasteiger partial charge is 0.0674 e. The first-order valence-electron chi connectivity index (χ1n) is 5.31. The molecule has 1 rings (SSSR count). The fourth-order valence-electron chi connectivity index (χ4n) is 1.59. The molecule has 2 nitrogen and oxygen atoms in total. The lowest BCUT2D eigenvalue weighted by Crippen LogP contribution is -2.42. The van der Waals surface area contributed by atoms with Crippen molar-refractivity contribution in [1.82, 2.24) is 4.90 Å². The first-order valence-corrected chi connectivity index (χ1v) is 5.31. The highest BCUT2D eigenvalue weighted by Gasteiger charge is 2.18. The second kappa shape index (κ2) is 4.43. The van der Waals surface area contributed by atoms with Crippen LogP contribution in [0, 0.1) is 5.41 Å². The predicted molar refractivity (Wildman–Crippen MR) is 55.9 cm³/mol. The van der Waals surface area contributed by atoms with Crippen molar-refractivity contribution in [3.05, 3.63) is 0 Å². The van der Waals surface area contributed by atoms with Gasteiger partial charge in [0.25, 0.3) is 0 Å². The Morgan fingerprint density at radius 1 is 1.38 bits per heavy atom. The van der Waals surface area contributed by atoms with E-state index in [-0.39, 0.29) is 0 Å². The maximum absolute atomic E-state index is 5.50. The van der Waals surface area contributed by atoms with Crippen molar-refractivity contribution < 1.29 is 4.74 Å². The van der Waals surface area contributed by atoms with E-state index in [4.69, 9.17) is 4.74 Å². The number of rotatable bonds is 2. The third-order valence-corrected chi connectivity index (χ3v) is 2.50. The van der Waals surface area contributed by atoms with Gasteiger partial charge in [-0.05, 0) is 25.3 Å². The van der Waals surface area contributed by atoms with Gasteiger partial charge in [-0.1, -0.05) is 20.8 Å². The molecule has 0 saturated carbocycles. The fraction of sp³-hybridized carbons (Fsp3) is 1.00. The minimum absolute atomic E-state index is 0.425. The van der Waals surface area contributed by atoms with Crippen LogP contribution in [0.5, 0.6) is 0 Å². The zero-order chi connectivity index (χ0) is 9.90. The second-order valence-corrected chi connectivity index (χ2v) is 5.29. The van der Waals surface area contributed by atoms with E-state index < -0.39 is 0 Å². The summed E-state index contributed by atoms with van der Waals surface area (Å²) in [5.41, 5.74) is 0.460. The summed E-state index contributed by atoms with van der Waals surface area (Å²) in [6, 6.07) is 0. The standard InChI is InChI=1S/C11H23NO/c1-10-9-12(7-8-13-10)6-5-11(2,3)4/h10H,5-9H2,1-4H3. The summed E-state index contributed by atoms with van der Waals surface area (Å²) in [7, 11) is 0. The van der Waals surface area contributed by atoms with E-state index >= 15 is 0 Å². The van der Waals surface area contributed by atoms with Crippen LogP contribution in [0.3, 0.4) is 0 Å². The van der Waals surface area contributed by atoms with Crippen LogP contribution in [0.25, 0.3) is 0 Å². The van der Waals surface area contributed by atoms with Crippen LogP contribution in [0.4, 0.5) is 0 Å². The lowest BCUT2D eigenvalue weighted by atomic mass is 9.92. The monoisotopic (exact) mass is 185 g/mol. The molecule has 78 valence electrons. The molecule has 1 unspecified atom stereocenters. The van der Waals surface area contributed by atoms with Crippen LogP contribution in [-0.2, 0) is 4.74 Å². The van der Waals surface area contributed by atoms with E-state index in [1.165, 1.54) is 13.0 Å². The summed E-state index contributed by atoms with van der Waals surface area (Å²) < 4.78 is 5.50. The van der Waals surface area contributed by atoms with Gasteiger partial charge in [-0.25, -0.2) is 0 Å². The number of nitrogens with zero attached hydrogens (tertiary/aromatic N) is 1. The van der Waals surface area contributed by atoms with E-state index in [0.29, 0.717) is 11.5 Å². The minimum Gasteiger partial charge on any atom is -0.376 e. The van der Waals surface area contributed by atoms with Crippen molar-refractivity contribution in [2.45, 2.75) is 40.2 Å². The number of hydrogen-bond donors (Lipinski definition) is 0.